The maximum absolute atomic E-state index is 12.7. The lowest BCUT2D eigenvalue weighted by atomic mass is 10.1. The number of hydrogen-bond donors (Lipinski definition) is 1. The number of hydrogen-bond acceptors (Lipinski definition) is 5. The summed E-state index contributed by atoms with van der Waals surface area (Å²) < 4.78 is 5.41. The van der Waals surface area contributed by atoms with Gasteiger partial charge in [-0.25, -0.2) is 4.98 Å². The lowest BCUT2D eigenvalue weighted by Crippen LogP contribution is -2.35. The Morgan fingerprint density at radius 3 is 3.04 bits per heavy atom. The van der Waals surface area contributed by atoms with Gasteiger partial charge in [0, 0.05) is 30.0 Å². The first-order valence-electron chi connectivity index (χ1n) is 8.87. The molecule has 1 saturated heterocycles. The number of aryl methyl sites for hydroxylation is 1. The Morgan fingerprint density at radius 2 is 2.27 bits per heavy atom. The van der Waals surface area contributed by atoms with Gasteiger partial charge in [-0.3, -0.25) is 14.9 Å². The zero-order chi connectivity index (χ0) is 18.1. The van der Waals surface area contributed by atoms with E-state index in [2.05, 4.69) is 10.3 Å². The van der Waals surface area contributed by atoms with Crippen LogP contribution in [0.5, 0.6) is 0 Å². The Morgan fingerprint density at radius 1 is 1.38 bits per heavy atom. The number of amides is 2. The molecule has 136 valence electrons. The molecule has 2 aliphatic heterocycles. The van der Waals surface area contributed by atoms with E-state index >= 15 is 0 Å². The van der Waals surface area contributed by atoms with Crippen LogP contribution < -0.4 is 5.32 Å². The molecule has 1 atom stereocenters. The van der Waals surface area contributed by atoms with Crippen LogP contribution in [0.15, 0.2) is 24.3 Å². The molecule has 2 aromatic rings. The van der Waals surface area contributed by atoms with Gasteiger partial charge in [-0.15, -0.1) is 0 Å². The SMILES string of the molecule is Cc1cccc(C(=O)N2CCc3nc(NC(=O)C4CCCO4)sc3C2)c1. The van der Waals surface area contributed by atoms with Gasteiger partial charge in [0.15, 0.2) is 5.13 Å². The molecule has 1 N–H and O–H groups in total. The fourth-order valence-electron chi connectivity index (χ4n) is 3.35. The lowest BCUT2D eigenvalue weighted by Gasteiger charge is -2.26. The molecule has 0 bridgehead atoms. The summed E-state index contributed by atoms with van der Waals surface area (Å²) in [7, 11) is 0. The van der Waals surface area contributed by atoms with E-state index in [0.29, 0.717) is 36.8 Å². The van der Waals surface area contributed by atoms with Crippen LogP contribution in [0, 0.1) is 6.92 Å². The van der Waals surface area contributed by atoms with E-state index < -0.39 is 0 Å². The topological polar surface area (TPSA) is 71.5 Å². The fourth-order valence-corrected chi connectivity index (χ4v) is 4.38. The zero-order valence-corrected chi connectivity index (χ0v) is 15.5. The van der Waals surface area contributed by atoms with E-state index in [9.17, 15) is 9.59 Å². The smallest absolute Gasteiger partial charge is 0.255 e. The molecule has 4 rings (SSSR count). The summed E-state index contributed by atoms with van der Waals surface area (Å²) >= 11 is 1.45. The van der Waals surface area contributed by atoms with E-state index in [1.54, 1.807) is 0 Å². The molecule has 0 saturated carbocycles. The number of anilines is 1. The van der Waals surface area contributed by atoms with Crippen molar-refractivity contribution in [2.45, 2.75) is 38.8 Å². The van der Waals surface area contributed by atoms with E-state index in [-0.39, 0.29) is 17.9 Å². The Hall–Kier alpha value is -2.25. The molecule has 0 aliphatic carbocycles. The van der Waals surface area contributed by atoms with Crippen molar-refractivity contribution in [2.24, 2.45) is 0 Å². The highest BCUT2D eigenvalue weighted by Gasteiger charge is 2.27. The Bertz CT molecular complexity index is 842. The molecule has 1 unspecified atom stereocenters. The maximum Gasteiger partial charge on any atom is 0.255 e. The van der Waals surface area contributed by atoms with Gasteiger partial charge in [0.1, 0.15) is 6.10 Å². The average Bonchev–Trinajstić information content (AvgIpc) is 3.29. The van der Waals surface area contributed by atoms with Crippen molar-refractivity contribution in [1.29, 1.82) is 0 Å². The van der Waals surface area contributed by atoms with Crippen LogP contribution in [-0.2, 0) is 22.5 Å². The first-order valence-corrected chi connectivity index (χ1v) is 9.69. The predicted octanol–water partition coefficient (Wildman–Crippen LogP) is 2.77. The van der Waals surface area contributed by atoms with Crippen molar-refractivity contribution >= 4 is 28.3 Å². The minimum Gasteiger partial charge on any atom is -0.368 e. The fraction of sp³-hybridized carbons (Fsp3) is 0.421. The van der Waals surface area contributed by atoms with Gasteiger partial charge in [0.2, 0.25) is 0 Å². The molecule has 1 aromatic heterocycles. The van der Waals surface area contributed by atoms with Crippen LogP contribution in [0.3, 0.4) is 0 Å². The highest BCUT2D eigenvalue weighted by atomic mass is 32.1. The van der Waals surface area contributed by atoms with E-state index in [0.717, 1.165) is 29.0 Å². The van der Waals surface area contributed by atoms with Crippen LogP contribution in [0.1, 0.15) is 39.3 Å². The zero-order valence-electron chi connectivity index (χ0n) is 14.7. The molecule has 0 radical (unpaired) electrons. The summed E-state index contributed by atoms with van der Waals surface area (Å²) in [4.78, 5) is 32.4. The van der Waals surface area contributed by atoms with E-state index in [4.69, 9.17) is 4.74 Å². The number of nitrogens with one attached hydrogen (secondary N) is 1. The third-order valence-corrected chi connectivity index (χ3v) is 5.73. The van der Waals surface area contributed by atoms with Gasteiger partial charge in [-0.05, 0) is 31.9 Å². The number of carbonyl (C=O) groups excluding carboxylic acids is 2. The Labute approximate surface area is 156 Å². The molecule has 6 nitrogen and oxygen atoms in total. The standard InChI is InChI=1S/C19H21N3O3S/c1-12-4-2-5-13(10-12)18(24)22-8-7-14-16(11-22)26-19(20-14)21-17(23)15-6-3-9-25-15/h2,4-5,10,15H,3,6-9,11H2,1H3,(H,20,21,23). The second-order valence-electron chi connectivity index (χ2n) is 6.73. The number of fused-ring (bicyclic) bond motifs is 1. The second kappa shape index (κ2) is 7.17. The Kier molecular flexibility index (Phi) is 4.74. The average molecular weight is 371 g/mol. The second-order valence-corrected chi connectivity index (χ2v) is 7.81. The number of ether oxygens (including phenoxy) is 1. The number of rotatable bonds is 3. The molecular formula is C19H21N3O3S. The van der Waals surface area contributed by atoms with E-state index in [1.165, 1.54) is 11.3 Å². The highest BCUT2D eigenvalue weighted by molar-refractivity contribution is 7.15. The molecule has 7 heteroatoms. The number of nitrogens with zero attached hydrogens (tertiary/aromatic N) is 2. The van der Waals surface area contributed by atoms with Crippen molar-refractivity contribution in [3.8, 4) is 0 Å². The highest BCUT2D eigenvalue weighted by Crippen LogP contribution is 2.29. The third kappa shape index (κ3) is 3.50. The van der Waals surface area contributed by atoms with Crippen molar-refractivity contribution in [3.05, 3.63) is 46.0 Å². The number of carbonyl (C=O) groups is 2. The largest absolute Gasteiger partial charge is 0.368 e. The van der Waals surface area contributed by atoms with Gasteiger partial charge in [0.05, 0.1) is 12.2 Å². The Balaban J connectivity index is 1.44. The predicted molar refractivity (Wildman–Crippen MR) is 99.3 cm³/mol. The van der Waals surface area contributed by atoms with Crippen LogP contribution in [-0.4, -0.2) is 41.0 Å². The van der Waals surface area contributed by atoms with E-state index in [1.807, 2.05) is 36.1 Å². The monoisotopic (exact) mass is 371 g/mol. The molecule has 1 aromatic carbocycles. The number of aromatic nitrogens is 1. The summed E-state index contributed by atoms with van der Waals surface area (Å²) in [5.74, 6) is -0.0843. The molecular weight excluding hydrogens is 350 g/mol. The quantitative estimate of drug-likeness (QED) is 0.901. The number of thiazole rings is 1. The van der Waals surface area contributed by atoms with Crippen molar-refractivity contribution < 1.29 is 14.3 Å². The molecule has 1 fully saturated rings. The maximum atomic E-state index is 12.7. The third-order valence-electron chi connectivity index (χ3n) is 4.74. The summed E-state index contributed by atoms with van der Waals surface area (Å²) in [5, 5.41) is 3.46. The van der Waals surface area contributed by atoms with Gasteiger partial charge >= 0.3 is 0 Å². The molecule has 2 aliphatic rings. The minimum absolute atomic E-state index is 0.0395. The van der Waals surface area contributed by atoms with Gasteiger partial charge in [-0.2, -0.15) is 0 Å². The van der Waals surface area contributed by atoms with Crippen LogP contribution >= 0.6 is 11.3 Å². The van der Waals surface area contributed by atoms with Crippen LogP contribution in [0.4, 0.5) is 5.13 Å². The van der Waals surface area contributed by atoms with Crippen molar-refractivity contribution in [3.63, 3.8) is 0 Å². The normalized spacial score (nSPS) is 19.3. The van der Waals surface area contributed by atoms with Crippen LogP contribution in [0.25, 0.3) is 0 Å². The summed E-state index contributed by atoms with van der Waals surface area (Å²) in [6.45, 7) is 3.80. The number of benzene rings is 1. The van der Waals surface area contributed by atoms with Gasteiger partial charge in [0.25, 0.3) is 11.8 Å². The minimum atomic E-state index is -0.365. The lowest BCUT2D eigenvalue weighted by molar-refractivity contribution is -0.124. The summed E-state index contributed by atoms with van der Waals surface area (Å²) in [6, 6.07) is 7.66. The first kappa shape index (κ1) is 17.2. The van der Waals surface area contributed by atoms with Crippen molar-refractivity contribution in [2.75, 3.05) is 18.5 Å². The molecule has 3 heterocycles. The molecule has 0 spiro atoms. The summed E-state index contributed by atoms with van der Waals surface area (Å²) in [6.07, 6.45) is 2.02. The molecule has 2 amide bonds. The van der Waals surface area contributed by atoms with Crippen LogP contribution in [0.2, 0.25) is 0 Å². The molecule has 26 heavy (non-hydrogen) atoms. The first-order chi connectivity index (χ1) is 12.6. The summed E-state index contributed by atoms with van der Waals surface area (Å²) in [5.41, 5.74) is 2.77. The van der Waals surface area contributed by atoms with Gasteiger partial charge < -0.3 is 9.64 Å². The van der Waals surface area contributed by atoms with Crippen molar-refractivity contribution in [1.82, 2.24) is 9.88 Å². The van der Waals surface area contributed by atoms with Gasteiger partial charge in [-0.1, -0.05) is 29.0 Å².